The van der Waals surface area contributed by atoms with E-state index >= 15 is 0 Å². The van der Waals surface area contributed by atoms with Crippen molar-refractivity contribution in [3.8, 4) is 12.3 Å². The predicted molar refractivity (Wildman–Crippen MR) is 70.3 cm³/mol. The first kappa shape index (κ1) is 13.5. The predicted octanol–water partition coefficient (Wildman–Crippen LogP) is 2.11. The van der Waals surface area contributed by atoms with E-state index in [1.807, 2.05) is 0 Å². The third-order valence-corrected chi connectivity index (χ3v) is 3.61. The highest BCUT2D eigenvalue weighted by Gasteiger charge is 2.27. The molecule has 0 saturated carbocycles. The number of nitrogens with zero attached hydrogens (tertiary/aromatic N) is 1. The van der Waals surface area contributed by atoms with Crippen LogP contribution in [-0.4, -0.2) is 36.6 Å². The van der Waals surface area contributed by atoms with Crippen molar-refractivity contribution in [2.75, 3.05) is 19.6 Å². The SMILES string of the molecule is C#CC(CC)N1CCC(NCCC)C(C)C1. The van der Waals surface area contributed by atoms with Crippen molar-refractivity contribution in [1.82, 2.24) is 10.2 Å². The number of rotatable bonds is 5. The average Bonchev–Trinajstić information content (AvgIpc) is 2.29. The molecule has 0 aromatic carbocycles. The van der Waals surface area contributed by atoms with Crippen LogP contribution in [0.1, 0.15) is 40.0 Å². The van der Waals surface area contributed by atoms with E-state index in [1.165, 1.54) is 12.8 Å². The topological polar surface area (TPSA) is 15.3 Å². The van der Waals surface area contributed by atoms with Crippen LogP contribution >= 0.6 is 0 Å². The van der Waals surface area contributed by atoms with Gasteiger partial charge >= 0.3 is 0 Å². The van der Waals surface area contributed by atoms with E-state index in [2.05, 4.69) is 36.9 Å². The van der Waals surface area contributed by atoms with Gasteiger partial charge in [0.05, 0.1) is 6.04 Å². The zero-order valence-electron chi connectivity index (χ0n) is 11.0. The lowest BCUT2D eigenvalue weighted by atomic mass is 9.92. The monoisotopic (exact) mass is 222 g/mol. The molecule has 16 heavy (non-hydrogen) atoms. The first-order valence-corrected chi connectivity index (χ1v) is 6.66. The van der Waals surface area contributed by atoms with E-state index in [0.717, 1.165) is 26.1 Å². The Labute approximate surface area is 101 Å². The minimum absolute atomic E-state index is 0.342. The van der Waals surface area contributed by atoms with Gasteiger partial charge in [-0.2, -0.15) is 0 Å². The second-order valence-corrected chi connectivity index (χ2v) is 4.91. The van der Waals surface area contributed by atoms with Gasteiger partial charge in [-0.15, -0.1) is 6.42 Å². The molecule has 1 heterocycles. The van der Waals surface area contributed by atoms with Gasteiger partial charge in [0, 0.05) is 19.1 Å². The number of hydrogen-bond acceptors (Lipinski definition) is 2. The average molecular weight is 222 g/mol. The molecule has 0 aliphatic carbocycles. The molecule has 3 atom stereocenters. The minimum atomic E-state index is 0.342. The standard InChI is InChI=1S/C14H26N2/c1-5-9-15-14-8-10-16(11-12(14)4)13(6-2)7-3/h2,12-15H,5,7-11H2,1,3-4H3. The third kappa shape index (κ3) is 3.50. The zero-order valence-corrected chi connectivity index (χ0v) is 11.0. The summed E-state index contributed by atoms with van der Waals surface area (Å²) < 4.78 is 0. The first-order chi connectivity index (χ1) is 7.72. The summed E-state index contributed by atoms with van der Waals surface area (Å²) in [5, 5.41) is 3.64. The van der Waals surface area contributed by atoms with E-state index in [1.54, 1.807) is 0 Å². The number of hydrogen-bond donors (Lipinski definition) is 1. The van der Waals surface area contributed by atoms with Crippen molar-refractivity contribution in [3.05, 3.63) is 0 Å². The molecule has 3 unspecified atom stereocenters. The molecule has 1 fully saturated rings. The van der Waals surface area contributed by atoms with Crippen molar-refractivity contribution < 1.29 is 0 Å². The van der Waals surface area contributed by atoms with Gasteiger partial charge < -0.3 is 5.32 Å². The Morgan fingerprint density at radius 2 is 2.25 bits per heavy atom. The van der Waals surface area contributed by atoms with E-state index < -0.39 is 0 Å². The van der Waals surface area contributed by atoms with Gasteiger partial charge in [0.15, 0.2) is 0 Å². The zero-order chi connectivity index (χ0) is 12.0. The molecule has 2 nitrogen and oxygen atoms in total. The molecule has 2 heteroatoms. The molecule has 1 aliphatic heterocycles. The van der Waals surface area contributed by atoms with Crippen molar-refractivity contribution in [2.45, 2.75) is 52.1 Å². The molecule has 1 aliphatic rings. The molecule has 0 bridgehead atoms. The molecule has 0 amide bonds. The van der Waals surface area contributed by atoms with Crippen LogP contribution in [0.4, 0.5) is 0 Å². The summed E-state index contributed by atoms with van der Waals surface area (Å²) in [6, 6.07) is 1.03. The first-order valence-electron chi connectivity index (χ1n) is 6.66. The molecule has 1 N–H and O–H groups in total. The van der Waals surface area contributed by atoms with Gasteiger partial charge in [-0.05, 0) is 31.7 Å². The lowest BCUT2D eigenvalue weighted by molar-refractivity contribution is 0.124. The number of terminal acetylenes is 1. The lowest BCUT2D eigenvalue weighted by Crippen LogP contribution is -2.51. The van der Waals surface area contributed by atoms with Crippen molar-refractivity contribution in [1.29, 1.82) is 0 Å². The smallest absolute Gasteiger partial charge is 0.0709 e. The Morgan fingerprint density at radius 3 is 2.75 bits per heavy atom. The quantitative estimate of drug-likeness (QED) is 0.717. The maximum atomic E-state index is 5.57. The Balaban J connectivity index is 2.42. The van der Waals surface area contributed by atoms with Crippen molar-refractivity contribution in [3.63, 3.8) is 0 Å². The fraction of sp³-hybridized carbons (Fsp3) is 0.857. The summed E-state index contributed by atoms with van der Waals surface area (Å²) in [4.78, 5) is 2.47. The van der Waals surface area contributed by atoms with Gasteiger partial charge in [-0.1, -0.05) is 26.7 Å². The number of piperidine rings is 1. The normalized spacial score (nSPS) is 28.6. The summed E-state index contributed by atoms with van der Waals surface area (Å²) in [5.41, 5.74) is 0. The van der Waals surface area contributed by atoms with Crippen molar-refractivity contribution in [2.24, 2.45) is 5.92 Å². The van der Waals surface area contributed by atoms with Crippen LogP contribution in [0.15, 0.2) is 0 Å². The largest absolute Gasteiger partial charge is 0.314 e. The Morgan fingerprint density at radius 1 is 1.50 bits per heavy atom. The second-order valence-electron chi connectivity index (χ2n) is 4.91. The molecule has 92 valence electrons. The fourth-order valence-corrected chi connectivity index (χ4v) is 2.58. The lowest BCUT2D eigenvalue weighted by Gasteiger charge is -2.39. The highest BCUT2D eigenvalue weighted by molar-refractivity contribution is 5.01. The molecular weight excluding hydrogens is 196 g/mol. The summed E-state index contributed by atoms with van der Waals surface area (Å²) in [6.07, 6.45) is 9.09. The summed E-state index contributed by atoms with van der Waals surface area (Å²) >= 11 is 0. The van der Waals surface area contributed by atoms with Crippen LogP contribution in [-0.2, 0) is 0 Å². The van der Waals surface area contributed by atoms with Crippen LogP contribution < -0.4 is 5.32 Å². The van der Waals surface area contributed by atoms with Gasteiger partial charge in [0.2, 0.25) is 0 Å². The highest BCUT2D eigenvalue weighted by atomic mass is 15.2. The molecule has 0 radical (unpaired) electrons. The number of likely N-dealkylation sites (tertiary alicyclic amines) is 1. The summed E-state index contributed by atoms with van der Waals surface area (Å²) in [7, 11) is 0. The van der Waals surface area contributed by atoms with Crippen LogP contribution in [0, 0.1) is 18.3 Å². The third-order valence-electron chi connectivity index (χ3n) is 3.61. The van der Waals surface area contributed by atoms with Gasteiger partial charge in [0.25, 0.3) is 0 Å². The summed E-state index contributed by atoms with van der Waals surface area (Å²) in [6.45, 7) is 10.2. The molecule has 0 aromatic rings. The Kier molecular flexibility index (Phi) is 5.87. The minimum Gasteiger partial charge on any atom is -0.314 e. The van der Waals surface area contributed by atoms with Crippen LogP contribution in [0.3, 0.4) is 0 Å². The highest BCUT2D eigenvalue weighted by Crippen LogP contribution is 2.19. The van der Waals surface area contributed by atoms with Gasteiger partial charge in [0.1, 0.15) is 0 Å². The van der Waals surface area contributed by atoms with Gasteiger partial charge in [-0.25, -0.2) is 0 Å². The number of nitrogens with one attached hydrogen (secondary N) is 1. The van der Waals surface area contributed by atoms with Crippen LogP contribution in [0.5, 0.6) is 0 Å². The fourth-order valence-electron chi connectivity index (χ4n) is 2.58. The second kappa shape index (κ2) is 6.93. The molecule has 0 spiro atoms. The van der Waals surface area contributed by atoms with Crippen LogP contribution in [0.25, 0.3) is 0 Å². The maximum absolute atomic E-state index is 5.57. The molecule has 1 saturated heterocycles. The maximum Gasteiger partial charge on any atom is 0.0709 e. The van der Waals surface area contributed by atoms with E-state index in [-0.39, 0.29) is 0 Å². The van der Waals surface area contributed by atoms with Crippen molar-refractivity contribution >= 4 is 0 Å². The Hall–Kier alpha value is -0.520. The molecule has 1 rings (SSSR count). The van der Waals surface area contributed by atoms with Gasteiger partial charge in [-0.3, -0.25) is 4.90 Å². The summed E-state index contributed by atoms with van der Waals surface area (Å²) in [5.74, 6) is 3.62. The van der Waals surface area contributed by atoms with E-state index in [4.69, 9.17) is 6.42 Å². The Bertz CT molecular complexity index is 231. The molecular formula is C14H26N2. The van der Waals surface area contributed by atoms with Crippen LogP contribution in [0.2, 0.25) is 0 Å². The van der Waals surface area contributed by atoms with E-state index in [0.29, 0.717) is 18.0 Å². The molecule has 0 aromatic heterocycles. The van der Waals surface area contributed by atoms with E-state index in [9.17, 15) is 0 Å².